The van der Waals surface area contributed by atoms with E-state index in [0.717, 1.165) is 77.2 Å². The van der Waals surface area contributed by atoms with Crippen LogP contribution in [0.1, 0.15) is 5.56 Å². The Hall–Kier alpha value is -5.55. The molecule has 0 fully saturated rings. The van der Waals surface area contributed by atoms with E-state index in [-0.39, 0.29) is 5.71 Å². The molecule has 0 atom stereocenters. The van der Waals surface area contributed by atoms with Crippen LogP contribution in [0.4, 0.5) is 11.4 Å². The van der Waals surface area contributed by atoms with Gasteiger partial charge in [0.2, 0.25) is 0 Å². The van der Waals surface area contributed by atoms with Gasteiger partial charge < -0.3 is 4.90 Å². The molecule has 48 heavy (non-hydrogen) atoms. The van der Waals surface area contributed by atoms with Crippen LogP contribution in [0.5, 0.6) is 0 Å². The lowest BCUT2D eigenvalue weighted by Gasteiger charge is -2.31. The molecular formula is C38H23N7S3. The minimum absolute atomic E-state index is 0.270. The van der Waals surface area contributed by atoms with Gasteiger partial charge in [-0.05, 0) is 88.0 Å². The van der Waals surface area contributed by atoms with E-state index in [4.69, 9.17) is 8.75 Å². The van der Waals surface area contributed by atoms with Crippen LogP contribution < -0.4 is 4.90 Å². The van der Waals surface area contributed by atoms with Gasteiger partial charge in [-0.1, -0.05) is 84.9 Å². The van der Waals surface area contributed by atoms with Gasteiger partial charge in [-0.2, -0.15) is 17.5 Å². The van der Waals surface area contributed by atoms with Crippen LogP contribution in [0, 0.1) is 5.41 Å². The average Bonchev–Trinajstić information content (AvgIpc) is 3.83. The molecule has 0 radical (unpaired) electrons. The first-order valence-corrected chi connectivity index (χ1v) is 17.0. The molecule has 1 aliphatic rings. The maximum Gasteiger partial charge on any atom is 0.129 e. The van der Waals surface area contributed by atoms with Gasteiger partial charge in [0.05, 0.1) is 46.2 Å². The maximum absolute atomic E-state index is 9.42. The minimum Gasteiger partial charge on any atom is -0.304 e. The topological polar surface area (TPSA) is 91.0 Å². The second kappa shape index (κ2) is 11.6. The number of anilines is 2. The first kappa shape index (κ1) is 28.7. The number of benzene rings is 6. The van der Waals surface area contributed by atoms with Crippen LogP contribution in [0.2, 0.25) is 0 Å². The highest BCUT2D eigenvalue weighted by atomic mass is 32.1. The van der Waals surface area contributed by atoms with Gasteiger partial charge in [0.15, 0.2) is 0 Å². The molecular weight excluding hydrogens is 651 g/mol. The van der Waals surface area contributed by atoms with E-state index in [1.807, 2.05) is 48.6 Å². The Morgan fingerprint density at radius 2 is 1.33 bits per heavy atom. The molecule has 6 aromatic carbocycles. The van der Waals surface area contributed by atoms with Crippen molar-refractivity contribution in [3.63, 3.8) is 0 Å². The monoisotopic (exact) mass is 673 g/mol. The summed E-state index contributed by atoms with van der Waals surface area (Å²) < 4.78 is 23.3. The minimum atomic E-state index is 0.270. The van der Waals surface area contributed by atoms with Gasteiger partial charge in [-0.3, -0.25) is 5.41 Å². The molecule has 0 saturated carbocycles. The Morgan fingerprint density at radius 1 is 0.604 bits per heavy atom. The normalized spacial score (nSPS) is 14.3. The lowest BCUT2D eigenvalue weighted by molar-refractivity contribution is 1.24. The third kappa shape index (κ3) is 4.56. The zero-order valence-electron chi connectivity index (χ0n) is 25.1. The number of hydrogen-bond acceptors (Lipinski definition) is 10. The van der Waals surface area contributed by atoms with E-state index in [9.17, 15) is 5.41 Å². The molecule has 10 heteroatoms. The van der Waals surface area contributed by atoms with E-state index in [2.05, 4.69) is 110 Å². The predicted molar refractivity (Wildman–Crippen MR) is 204 cm³/mol. The zero-order chi connectivity index (χ0) is 32.2. The van der Waals surface area contributed by atoms with Crippen LogP contribution in [-0.2, 0) is 0 Å². The second-order valence-electron chi connectivity index (χ2n) is 11.4. The molecule has 9 rings (SSSR count). The van der Waals surface area contributed by atoms with Crippen molar-refractivity contribution in [1.29, 1.82) is 5.41 Å². The van der Waals surface area contributed by atoms with Crippen molar-refractivity contribution >= 4 is 108 Å². The molecule has 7 nitrogen and oxygen atoms in total. The lowest BCUT2D eigenvalue weighted by atomic mass is 9.90. The Morgan fingerprint density at radius 3 is 2.23 bits per heavy atom. The summed E-state index contributed by atoms with van der Waals surface area (Å²) in [6.45, 7) is 0. The van der Waals surface area contributed by atoms with Gasteiger partial charge in [0, 0.05) is 11.1 Å². The molecule has 0 aliphatic heterocycles. The van der Waals surface area contributed by atoms with E-state index in [0.29, 0.717) is 11.4 Å². The van der Waals surface area contributed by atoms with Crippen LogP contribution >= 0.6 is 36.3 Å². The smallest absolute Gasteiger partial charge is 0.129 e. The van der Waals surface area contributed by atoms with E-state index < -0.39 is 0 Å². The Kier molecular flexibility index (Phi) is 6.93. The van der Waals surface area contributed by atoms with Gasteiger partial charge in [-0.25, -0.2) is 4.40 Å². The predicted octanol–water partition coefficient (Wildman–Crippen LogP) is 10.1. The molecule has 228 valence electrons. The summed E-state index contributed by atoms with van der Waals surface area (Å²) in [6, 6.07) is 39.3. The van der Waals surface area contributed by atoms with Crippen molar-refractivity contribution < 1.29 is 0 Å². The van der Waals surface area contributed by atoms with Crippen LogP contribution in [-0.4, -0.2) is 28.9 Å². The maximum atomic E-state index is 9.42. The van der Waals surface area contributed by atoms with Crippen molar-refractivity contribution in [2.75, 3.05) is 4.90 Å². The van der Waals surface area contributed by atoms with Gasteiger partial charge in [0.1, 0.15) is 27.8 Å². The third-order valence-electron chi connectivity index (χ3n) is 8.78. The molecule has 0 spiro atoms. The second-order valence-corrected chi connectivity index (χ2v) is 12.6. The Balaban J connectivity index is 1.27. The first-order chi connectivity index (χ1) is 23.7. The number of aromatic nitrogens is 4. The quantitative estimate of drug-likeness (QED) is 0.140. The summed E-state index contributed by atoms with van der Waals surface area (Å²) in [5.41, 5.74) is 9.81. The van der Waals surface area contributed by atoms with Gasteiger partial charge in [-0.15, -0.1) is 0 Å². The number of hydrogen-bond donors (Lipinski definition) is 2. The van der Waals surface area contributed by atoms with Crippen molar-refractivity contribution in [3.8, 4) is 11.1 Å². The molecule has 1 N–H and O–H groups in total. The highest BCUT2D eigenvalue weighted by Gasteiger charge is 2.31. The summed E-state index contributed by atoms with van der Waals surface area (Å²) in [4.78, 5) is 2.07. The third-order valence-corrected chi connectivity index (χ3v) is 10.0. The first-order valence-electron chi connectivity index (χ1n) is 15.2. The van der Waals surface area contributed by atoms with Gasteiger partial charge in [0.25, 0.3) is 0 Å². The SMILES string of the molecule is N=C1C(c2ccc3ccccc3c2)=CC=C(N(c2cccc3nsnc23)c2ccc(-c3cccc4ccccc34)c3nsnc23)/C1=N/S. The summed E-state index contributed by atoms with van der Waals surface area (Å²) in [7, 11) is 0. The molecule has 0 unspecified atom stereocenters. The largest absolute Gasteiger partial charge is 0.304 e. The van der Waals surface area contributed by atoms with Crippen molar-refractivity contribution in [3.05, 3.63) is 139 Å². The molecule has 1 aliphatic carbocycles. The standard InChI is InChI=1S/C38H23N7S3/c39-34-27(25-16-15-22-7-1-2-9-24(22)21-25)17-19-32(37(34)40-46)45(31-14-6-13-30-36(31)43-47-41-30)33-20-18-29(35-38(33)44-48-42-35)28-12-5-10-23-8-3-4-11-26(23)28/h1-21,39,46H/b39-34?,40-37-. The Bertz CT molecular complexity index is 2680. The number of rotatable bonds is 5. The van der Waals surface area contributed by atoms with Crippen molar-refractivity contribution in [2.45, 2.75) is 0 Å². The Labute approximate surface area is 288 Å². The molecule has 0 bridgehead atoms. The van der Waals surface area contributed by atoms with Crippen molar-refractivity contribution in [1.82, 2.24) is 17.5 Å². The van der Waals surface area contributed by atoms with E-state index in [1.54, 1.807) is 0 Å². The fourth-order valence-electron chi connectivity index (χ4n) is 6.53. The number of nitrogens with one attached hydrogen (secondary N) is 1. The molecule has 2 heterocycles. The number of fused-ring (bicyclic) bond motifs is 4. The highest BCUT2D eigenvalue weighted by molar-refractivity contribution is 7.79. The molecule has 8 aromatic rings. The molecule has 0 amide bonds. The molecule has 0 saturated heterocycles. The highest BCUT2D eigenvalue weighted by Crippen LogP contribution is 2.43. The van der Waals surface area contributed by atoms with E-state index >= 15 is 0 Å². The summed E-state index contributed by atoms with van der Waals surface area (Å²) >= 11 is 6.78. The number of thiol groups is 1. The lowest BCUT2D eigenvalue weighted by Crippen LogP contribution is -2.30. The van der Waals surface area contributed by atoms with Crippen LogP contribution in [0.25, 0.3) is 60.3 Å². The summed E-state index contributed by atoms with van der Waals surface area (Å²) in [5, 5.41) is 14.0. The van der Waals surface area contributed by atoms with Crippen LogP contribution in [0.3, 0.4) is 0 Å². The zero-order valence-corrected chi connectivity index (χ0v) is 27.6. The number of nitrogens with zero attached hydrogens (tertiary/aromatic N) is 6. The van der Waals surface area contributed by atoms with Gasteiger partial charge >= 0.3 is 0 Å². The van der Waals surface area contributed by atoms with Crippen LogP contribution in [0.15, 0.2) is 138 Å². The van der Waals surface area contributed by atoms with E-state index in [1.165, 1.54) is 23.5 Å². The van der Waals surface area contributed by atoms with Crippen molar-refractivity contribution in [2.24, 2.45) is 4.40 Å². The average molecular weight is 674 g/mol. The summed E-state index contributed by atoms with van der Waals surface area (Å²) in [6.07, 6.45) is 3.98. The summed E-state index contributed by atoms with van der Waals surface area (Å²) in [5.74, 6) is 0. The fourth-order valence-corrected chi connectivity index (χ4v) is 7.85. The fraction of sp³-hybridized carbons (Fsp3) is 0. The molecule has 2 aromatic heterocycles. The number of allylic oxidation sites excluding steroid dienone is 4.